The van der Waals surface area contributed by atoms with E-state index in [4.69, 9.17) is 5.73 Å². The fraction of sp³-hybridized carbons (Fsp3) is 0.238. The zero-order valence-corrected chi connectivity index (χ0v) is 15.3. The lowest BCUT2D eigenvalue weighted by Crippen LogP contribution is -2.35. The van der Waals surface area contributed by atoms with E-state index in [-0.39, 0.29) is 5.91 Å². The van der Waals surface area contributed by atoms with Crippen molar-refractivity contribution in [3.63, 3.8) is 0 Å². The average Bonchev–Trinajstić information content (AvgIpc) is 3.25. The van der Waals surface area contributed by atoms with Crippen LogP contribution in [0, 0.1) is 0 Å². The van der Waals surface area contributed by atoms with E-state index in [9.17, 15) is 4.79 Å². The zero-order chi connectivity index (χ0) is 18.8. The fourth-order valence-electron chi connectivity index (χ4n) is 3.36. The van der Waals surface area contributed by atoms with Crippen LogP contribution in [0.1, 0.15) is 31.2 Å². The fourth-order valence-corrected chi connectivity index (χ4v) is 3.36. The minimum atomic E-state index is -0.482. The standard InChI is InChI=1S/C21H23N5O/c1-2-5-16(22)21(27)24-14-8-9-18-19(11-14)26-20(25-18)10-13-12-23-17-7-4-3-6-15(13)17/h3-4,6-9,11-12,16,23H,2,5,10,22H2,1H3,(H,24,27)(H,25,26). The first kappa shape index (κ1) is 17.3. The molecule has 0 aliphatic rings. The Morgan fingerprint density at radius 2 is 2.07 bits per heavy atom. The summed E-state index contributed by atoms with van der Waals surface area (Å²) < 4.78 is 0. The molecule has 0 bridgehead atoms. The number of hydrogen-bond acceptors (Lipinski definition) is 3. The lowest BCUT2D eigenvalue weighted by atomic mass is 10.1. The highest BCUT2D eigenvalue weighted by Gasteiger charge is 2.13. The first-order chi connectivity index (χ1) is 13.1. The van der Waals surface area contributed by atoms with Gasteiger partial charge in [0.05, 0.1) is 17.1 Å². The molecule has 1 amide bonds. The average molecular weight is 361 g/mol. The van der Waals surface area contributed by atoms with Gasteiger partial charge in [0, 0.05) is 29.2 Å². The van der Waals surface area contributed by atoms with E-state index in [0.29, 0.717) is 12.8 Å². The number of nitrogens with zero attached hydrogens (tertiary/aromatic N) is 1. The number of aromatic nitrogens is 3. The highest BCUT2D eigenvalue weighted by Crippen LogP contribution is 2.22. The number of carbonyl (C=O) groups excluding carboxylic acids is 1. The topological polar surface area (TPSA) is 99.6 Å². The quantitative estimate of drug-likeness (QED) is 0.421. The van der Waals surface area contributed by atoms with Gasteiger partial charge >= 0.3 is 0 Å². The predicted molar refractivity (Wildman–Crippen MR) is 109 cm³/mol. The lowest BCUT2D eigenvalue weighted by Gasteiger charge is -2.10. The van der Waals surface area contributed by atoms with Crippen molar-refractivity contribution in [2.75, 3.05) is 5.32 Å². The summed E-state index contributed by atoms with van der Waals surface area (Å²) in [5.41, 5.74) is 10.7. The van der Waals surface area contributed by atoms with Gasteiger partial charge in [0.2, 0.25) is 5.91 Å². The number of rotatable bonds is 6. The largest absolute Gasteiger partial charge is 0.361 e. The SMILES string of the molecule is CCCC(N)C(=O)Nc1ccc2nc(Cc3c[nH]c4ccccc34)[nH]c2c1. The molecule has 4 rings (SSSR count). The Morgan fingerprint density at radius 3 is 2.93 bits per heavy atom. The molecule has 0 aliphatic heterocycles. The molecule has 0 radical (unpaired) electrons. The van der Waals surface area contributed by atoms with Crippen molar-refractivity contribution in [2.45, 2.75) is 32.2 Å². The van der Waals surface area contributed by atoms with Crippen LogP contribution in [0.5, 0.6) is 0 Å². The van der Waals surface area contributed by atoms with Gasteiger partial charge in [-0.05, 0) is 36.2 Å². The molecule has 2 heterocycles. The van der Waals surface area contributed by atoms with E-state index in [0.717, 1.165) is 34.5 Å². The Bertz CT molecular complexity index is 1090. The van der Waals surface area contributed by atoms with Gasteiger partial charge in [-0.2, -0.15) is 0 Å². The van der Waals surface area contributed by atoms with Gasteiger partial charge in [0.15, 0.2) is 0 Å². The Labute approximate surface area is 157 Å². The molecule has 138 valence electrons. The molecule has 0 saturated carbocycles. The number of anilines is 1. The lowest BCUT2D eigenvalue weighted by molar-refractivity contribution is -0.117. The maximum absolute atomic E-state index is 12.1. The van der Waals surface area contributed by atoms with E-state index >= 15 is 0 Å². The molecule has 27 heavy (non-hydrogen) atoms. The van der Waals surface area contributed by atoms with Gasteiger partial charge in [0.1, 0.15) is 5.82 Å². The van der Waals surface area contributed by atoms with Gasteiger partial charge in [-0.1, -0.05) is 31.5 Å². The number of benzene rings is 2. The van der Waals surface area contributed by atoms with Gasteiger partial charge in [0.25, 0.3) is 0 Å². The van der Waals surface area contributed by atoms with Gasteiger partial charge < -0.3 is 21.0 Å². The highest BCUT2D eigenvalue weighted by molar-refractivity contribution is 5.96. The van der Waals surface area contributed by atoms with Crippen molar-refractivity contribution >= 4 is 33.5 Å². The summed E-state index contributed by atoms with van der Waals surface area (Å²) >= 11 is 0. The Kier molecular flexibility index (Phi) is 4.64. The van der Waals surface area contributed by atoms with Gasteiger partial charge in [-0.3, -0.25) is 4.79 Å². The first-order valence-corrected chi connectivity index (χ1v) is 9.24. The normalized spacial score (nSPS) is 12.5. The zero-order valence-electron chi connectivity index (χ0n) is 15.3. The minimum absolute atomic E-state index is 0.158. The molecule has 2 aromatic heterocycles. The van der Waals surface area contributed by atoms with Crippen LogP contribution >= 0.6 is 0 Å². The van der Waals surface area contributed by atoms with Crippen molar-refractivity contribution in [1.29, 1.82) is 0 Å². The summed E-state index contributed by atoms with van der Waals surface area (Å²) in [6.45, 7) is 2.01. The summed E-state index contributed by atoms with van der Waals surface area (Å²) in [4.78, 5) is 23.4. The minimum Gasteiger partial charge on any atom is -0.361 e. The number of fused-ring (bicyclic) bond motifs is 2. The monoisotopic (exact) mass is 361 g/mol. The molecule has 1 unspecified atom stereocenters. The maximum Gasteiger partial charge on any atom is 0.241 e. The van der Waals surface area contributed by atoms with E-state index in [1.54, 1.807) is 0 Å². The number of imidazole rings is 1. The smallest absolute Gasteiger partial charge is 0.241 e. The number of nitrogens with one attached hydrogen (secondary N) is 3. The van der Waals surface area contributed by atoms with E-state index in [1.807, 2.05) is 43.5 Å². The van der Waals surface area contributed by atoms with Crippen molar-refractivity contribution in [3.8, 4) is 0 Å². The number of H-pyrrole nitrogens is 2. The molecule has 0 saturated heterocycles. The number of amides is 1. The molecule has 1 atom stereocenters. The van der Waals surface area contributed by atoms with Gasteiger partial charge in [-0.15, -0.1) is 0 Å². The molecule has 0 fully saturated rings. The number of carbonyl (C=O) groups is 1. The molecule has 5 N–H and O–H groups in total. The molecule has 2 aromatic carbocycles. The number of para-hydroxylation sites is 1. The molecule has 6 heteroatoms. The van der Waals surface area contributed by atoms with Crippen molar-refractivity contribution in [2.24, 2.45) is 5.73 Å². The predicted octanol–water partition coefficient (Wildman–Crippen LogP) is 3.70. The second-order valence-electron chi connectivity index (χ2n) is 6.84. The van der Waals surface area contributed by atoms with Crippen LogP contribution in [0.15, 0.2) is 48.7 Å². The number of hydrogen-bond donors (Lipinski definition) is 4. The molecule has 4 aromatic rings. The van der Waals surface area contributed by atoms with Crippen molar-refractivity contribution < 1.29 is 4.79 Å². The Morgan fingerprint density at radius 1 is 1.22 bits per heavy atom. The number of nitrogens with two attached hydrogens (primary N) is 1. The third-order valence-electron chi connectivity index (χ3n) is 4.77. The van der Waals surface area contributed by atoms with Crippen molar-refractivity contribution in [1.82, 2.24) is 15.0 Å². The number of aromatic amines is 2. The van der Waals surface area contributed by atoms with Gasteiger partial charge in [-0.25, -0.2) is 4.98 Å². The van der Waals surface area contributed by atoms with Crippen LogP contribution in [0.4, 0.5) is 5.69 Å². The van der Waals surface area contributed by atoms with E-state index in [1.165, 1.54) is 10.9 Å². The maximum atomic E-state index is 12.1. The van der Waals surface area contributed by atoms with Crippen LogP contribution in [0.25, 0.3) is 21.9 Å². The second kappa shape index (κ2) is 7.25. The van der Waals surface area contributed by atoms with Crippen molar-refractivity contribution in [3.05, 3.63) is 60.0 Å². The highest BCUT2D eigenvalue weighted by atomic mass is 16.2. The third kappa shape index (κ3) is 3.57. The van der Waals surface area contributed by atoms with Crippen LogP contribution in [-0.2, 0) is 11.2 Å². The second-order valence-corrected chi connectivity index (χ2v) is 6.84. The van der Waals surface area contributed by atoms with E-state index < -0.39 is 6.04 Å². The third-order valence-corrected chi connectivity index (χ3v) is 4.77. The van der Waals surface area contributed by atoms with Crippen LogP contribution in [-0.4, -0.2) is 26.9 Å². The van der Waals surface area contributed by atoms with Crippen LogP contribution in [0.2, 0.25) is 0 Å². The van der Waals surface area contributed by atoms with E-state index in [2.05, 4.69) is 32.4 Å². The molecule has 0 aliphatic carbocycles. The summed E-state index contributed by atoms with van der Waals surface area (Å²) in [6, 6.07) is 13.4. The first-order valence-electron chi connectivity index (χ1n) is 9.24. The summed E-state index contributed by atoms with van der Waals surface area (Å²) in [5, 5.41) is 4.09. The Hall–Kier alpha value is -3.12. The molecule has 0 spiro atoms. The summed E-state index contributed by atoms with van der Waals surface area (Å²) in [6.07, 6.45) is 4.29. The summed E-state index contributed by atoms with van der Waals surface area (Å²) in [5.74, 6) is 0.732. The Balaban J connectivity index is 1.55. The van der Waals surface area contributed by atoms with Crippen LogP contribution < -0.4 is 11.1 Å². The molecule has 6 nitrogen and oxygen atoms in total. The molecular formula is C21H23N5O. The van der Waals surface area contributed by atoms with Crippen LogP contribution in [0.3, 0.4) is 0 Å². The summed E-state index contributed by atoms with van der Waals surface area (Å²) in [7, 11) is 0. The molecular weight excluding hydrogens is 338 g/mol.